The van der Waals surface area contributed by atoms with Crippen LogP contribution in [0.25, 0.3) is 0 Å². The monoisotopic (exact) mass is 300 g/mol. The van der Waals surface area contributed by atoms with E-state index in [-0.39, 0.29) is 17.5 Å². The lowest BCUT2D eigenvalue weighted by Crippen LogP contribution is -2.30. The van der Waals surface area contributed by atoms with Gasteiger partial charge in [-0.1, -0.05) is 43.2 Å². The highest BCUT2D eigenvalue weighted by atomic mass is 35.5. The van der Waals surface area contributed by atoms with Crippen molar-refractivity contribution in [1.82, 2.24) is 5.32 Å². The Balaban J connectivity index is 2.60. The molecule has 0 fully saturated rings. The molecule has 1 amide bonds. The van der Waals surface area contributed by atoms with Gasteiger partial charge in [0.1, 0.15) is 10.7 Å². The number of benzene rings is 1. The Hall–Kier alpha value is -1.33. The van der Waals surface area contributed by atoms with Gasteiger partial charge in [-0.2, -0.15) is 0 Å². The van der Waals surface area contributed by atoms with Gasteiger partial charge in [-0.25, -0.2) is 0 Å². The number of thiocarbonyl (C=S) groups is 1. The van der Waals surface area contributed by atoms with Gasteiger partial charge in [-0.3, -0.25) is 4.79 Å². The topological polar surface area (TPSA) is 64.3 Å². The molecule has 0 bridgehead atoms. The van der Waals surface area contributed by atoms with E-state index in [1.54, 1.807) is 18.2 Å². The minimum absolute atomic E-state index is 0.0837. The van der Waals surface area contributed by atoms with E-state index >= 15 is 0 Å². The van der Waals surface area contributed by atoms with Gasteiger partial charge in [-0.15, -0.1) is 0 Å². The third-order valence-corrected chi connectivity index (χ3v) is 2.95. The fourth-order valence-corrected chi connectivity index (χ4v) is 2.00. The number of halogens is 1. The third-order valence-electron chi connectivity index (χ3n) is 2.43. The molecule has 0 spiro atoms. The first-order valence-corrected chi connectivity index (χ1v) is 6.82. The molecule has 0 atom stereocenters. The van der Waals surface area contributed by atoms with Crippen molar-refractivity contribution >= 4 is 34.7 Å². The van der Waals surface area contributed by atoms with E-state index in [4.69, 9.17) is 34.3 Å². The summed E-state index contributed by atoms with van der Waals surface area (Å²) in [7, 11) is 0. The molecule has 0 saturated heterocycles. The molecule has 3 N–H and O–H groups in total. The van der Waals surface area contributed by atoms with E-state index in [2.05, 4.69) is 12.2 Å². The minimum atomic E-state index is -0.178. The molecule has 19 heavy (non-hydrogen) atoms. The maximum absolute atomic E-state index is 11.5. The lowest BCUT2D eigenvalue weighted by Gasteiger charge is -2.11. The number of hydrogen-bond acceptors (Lipinski definition) is 3. The summed E-state index contributed by atoms with van der Waals surface area (Å²) in [5.74, 6) is 0.243. The molecule has 104 valence electrons. The van der Waals surface area contributed by atoms with Gasteiger partial charge < -0.3 is 15.8 Å². The van der Waals surface area contributed by atoms with Gasteiger partial charge in [-0.05, 0) is 18.6 Å². The summed E-state index contributed by atoms with van der Waals surface area (Å²) < 4.78 is 5.41. The lowest BCUT2D eigenvalue weighted by atomic mass is 10.2. The molecule has 0 aliphatic rings. The van der Waals surface area contributed by atoms with Crippen LogP contribution in [0.5, 0.6) is 5.75 Å². The van der Waals surface area contributed by atoms with Crippen LogP contribution in [0, 0.1) is 0 Å². The van der Waals surface area contributed by atoms with E-state index in [1.807, 2.05) is 0 Å². The van der Waals surface area contributed by atoms with Crippen molar-refractivity contribution < 1.29 is 9.53 Å². The molecule has 1 aromatic rings. The highest BCUT2D eigenvalue weighted by Crippen LogP contribution is 2.26. The number of nitrogens with one attached hydrogen (secondary N) is 1. The summed E-state index contributed by atoms with van der Waals surface area (Å²) in [6.07, 6.45) is 1.97. The lowest BCUT2D eigenvalue weighted by molar-refractivity contribution is -0.123. The first-order valence-electron chi connectivity index (χ1n) is 6.04. The smallest absolute Gasteiger partial charge is 0.257 e. The average molecular weight is 301 g/mol. The molecule has 1 rings (SSSR count). The zero-order chi connectivity index (χ0) is 14.3. The molecular formula is C13H17ClN2O2S. The number of amides is 1. The maximum Gasteiger partial charge on any atom is 0.257 e. The second-order valence-corrected chi connectivity index (χ2v) is 4.82. The van der Waals surface area contributed by atoms with Crippen molar-refractivity contribution in [3.63, 3.8) is 0 Å². The van der Waals surface area contributed by atoms with Crippen molar-refractivity contribution in [2.45, 2.75) is 19.8 Å². The second kappa shape index (κ2) is 7.96. The quantitative estimate of drug-likeness (QED) is 0.599. The Morgan fingerprint density at radius 3 is 2.89 bits per heavy atom. The largest absolute Gasteiger partial charge is 0.483 e. The molecule has 4 nitrogen and oxygen atoms in total. The van der Waals surface area contributed by atoms with Gasteiger partial charge in [0, 0.05) is 6.54 Å². The van der Waals surface area contributed by atoms with Crippen molar-refractivity contribution in [2.24, 2.45) is 5.73 Å². The van der Waals surface area contributed by atoms with Gasteiger partial charge in [0.05, 0.1) is 10.6 Å². The van der Waals surface area contributed by atoms with Gasteiger partial charge >= 0.3 is 0 Å². The zero-order valence-corrected chi connectivity index (χ0v) is 12.3. The molecular weight excluding hydrogens is 284 g/mol. The van der Waals surface area contributed by atoms with Crippen LogP contribution in [0.3, 0.4) is 0 Å². The summed E-state index contributed by atoms with van der Waals surface area (Å²) in [6.45, 7) is 2.62. The molecule has 0 aliphatic carbocycles. The van der Waals surface area contributed by atoms with Crippen LogP contribution >= 0.6 is 23.8 Å². The number of rotatable bonds is 7. The van der Waals surface area contributed by atoms with E-state index < -0.39 is 0 Å². The molecule has 0 aliphatic heterocycles. The fraction of sp³-hybridized carbons (Fsp3) is 0.385. The van der Waals surface area contributed by atoms with Crippen molar-refractivity contribution in [3.05, 3.63) is 28.8 Å². The standard InChI is InChI=1S/C13H17ClN2O2S/c1-2-3-7-16-11(17)8-18-10-6-4-5-9(14)12(10)13(15)19/h4-6H,2-3,7-8H2,1H3,(H2,15,19)(H,16,17). The van der Waals surface area contributed by atoms with Gasteiger partial charge in [0.15, 0.2) is 6.61 Å². The summed E-state index contributed by atoms with van der Waals surface area (Å²) in [5.41, 5.74) is 6.05. The van der Waals surface area contributed by atoms with Crippen LogP contribution in [-0.2, 0) is 4.79 Å². The number of ether oxygens (including phenoxy) is 1. The van der Waals surface area contributed by atoms with Crippen LogP contribution in [0.4, 0.5) is 0 Å². The second-order valence-electron chi connectivity index (χ2n) is 3.97. The molecule has 1 aromatic carbocycles. The highest BCUT2D eigenvalue weighted by Gasteiger charge is 2.12. The van der Waals surface area contributed by atoms with E-state index in [0.717, 1.165) is 12.8 Å². The van der Waals surface area contributed by atoms with Crippen LogP contribution in [0.1, 0.15) is 25.3 Å². The zero-order valence-electron chi connectivity index (χ0n) is 10.7. The highest BCUT2D eigenvalue weighted by molar-refractivity contribution is 7.80. The molecule has 0 radical (unpaired) electrons. The Morgan fingerprint density at radius 1 is 1.53 bits per heavy atom. The van der Waals surface area contributed by atoms with Crippen LogP contribution in [0.2, 0.25) is 5.02 Å². The van der Waals surface area contributed by atoms with Crippen molar-refractivity contribution in [3.8, 4) is 5.75 Å². The van der Waals surface area contributed by atoms with Gasteiger partial charge in [0.2, 0.25) is 0 Å². The molecule has 0 unspecified atom stereocenters. The Kier molecular flexibility index (Phi) is 6.59. The summed E-state index contributed by atoms with van der Waals surface area (Å²) >= 11 is 10.9. The van der Waals surface area contributed by atoms with E-state index in [9.17, 15) is 4.79 Å². The Labute approximate surface area is 123 Å². The number of unbranched alkanes of at least 4 members (excludes halogenated alkanes) is 1. The van der Waals surface area contributed by atoms with Crippen molar-refractivity contribution in [2.75, 3.05) is 13.2 Å². The number of nitrogens with two attached hydrogens (primary N) is 1. The Morgan fingerprint density at radius 2 is 2.26 bits per heavy atom. The maximum atomic E-state index is 11.5. The summed E-state index contributed by atoms with van der Waals surface area (Å²) in [6, 6.07) is 5.07. The molecule has 0 heterocycles. The third kappa shape index (κ3) is 5.04. The minimum Gasteiger partial charge on any atom is -0.483 e. The summed E-state index contributed by atoms with van der Waals surface area (Å²) in [4.78, 5) is 11.7. The van der Waals surface area contributed by atoms with Crippen LogP contribution in [0.15, 0.2) is 18.2 Å². The SMILES string of the molecule is CCCCNC(=O)COc1cccc(Cl)c1C(N)=S. The Bertz CT molecular complexity index is 466. The van der Waals surface area contributed by atoms with Crippen LogP contribution in [-0.4, -0.2) is 24.0 Å². The molecule has 0 saturated carbocycles. The molecule has 0 aromatic heterocycles. The molecule has 6 heteroatoms. The number of carbonyl (C=O) groups is 1. The van der Waals surface area contributed by atoms with Crippen LogP contribution < -0.4 is 15.8 Å². The predicted octanol–water partition coefficient (Wildman–Crippen LogP) is 2.27. The van der Waals surface area contributed by atoms with Crippen molar-refractivity contribution in [1.29, 1.82) is 0 Å². The predicted molar refractivity (Wildman–Crippen MR) is 80.8 cm³/mol. The number of hydrogen-bond donors (Lipinski definition) is 2. The average Bonchev–Trinajstić information content (AvgIpc) is 2.36. The normalized spacial score (nSPS) is 10.0. The summed E-state index contributed by atoms with van der Waals surface area (Å²) in [5, 5.41) is 3.17. The fourth-order valence-electron chi connectivity index (χ4n) is 1.46. The first-order chi connectivity index (χ1) is 9.06. The van der Waals surface area contributed by atoms with Gasteiger partial charge in [0.25, 0.3) is 5.91 Å². The number of carbonyl (C=O) groups excluding carboxylic acids is 1. The first kappa shape index (κ1) is 15.7. The van der Waals surface area contributed by atoms with E-state index in [0.29, 0.717) is 22.9 Å². The van der Waals surface area contributed by atoms with E-state index in [1.165, 1.54) is 0 Å².